The van der Waals surface area contributed by atoms with Gasteiger partial charge >= 0.3 is 5.97 Å². The Morgan fingerprint density at radius 3 is 2.68 bits per heavy atom. The Bertz CT molecular complexity index is 483. The molecule has 0 unspecified atom stereocenters. The average molecular weight is 262 g/mol. The van der Waals surface area contributed by atoms with Crippen molar-refractivity contribution >= 4 is 11.9 Å². The predicted molar refractivity (Wildman–Crippen MR) is 68.0 cm³/mol. The first-order chi connectivity index (χ1) is 9.17. The van der Waals surface area contributed by atoms with Crippen molar-refractivity contribution in [3.05, 3.63) is 46.3 Å². The second kappa shape index (κ2) is 7.73. The van der Waals surface area contributed by atoms with E-state index in [1.807, 2.05) is 6.07 Å². The van der Waals surface area contributed by atoms with Crippen LogP contribution >= 0.6 is 0 Å². The first-order valence-corrected chi connectivity index (χ1v) is 5.59. The summed E-state index contributed by atoms with van der Waals surface area (Å²) in [6.45, 7) is -0.305. The molecule has 1 rings (SSSR count). The van der Waals surface area contributed by atoms with E-state index in [1.165, 1.54) is 7.11 Å². The number of nitrogens with zero attached hydrogens (tertiary/aromatic N) is 3. The lowest BCUT2D eigenvalue weighted by Crippen LogP contribution is -2.31. The van der Waals surface area contributed by atoms with Gasteiger partial charge in [-0.25, -0.2) is 0 Å². The molecule has 0 aliphatic heterocycles. The number of carbonyl (C=O) groups is 2. The van der Waals surface area contributed by atoms with E-state index in [2.05, 4.69) is 20.1 Å². The molecule has 0 fully saturated rings. The third-order valence-electron chi connectivity index (χ3n) is 2.41. The van der Waals surface area contributed by atoms with Crippen molar-refractivity contribution in [2.45, 2.75) is 12.5 Å². The average Bonchev–Trinajstić information content (AvgIpc) is 2.45. The van der Waals surface area contributed by atoms with E-state index in [9.17, 15) is 9.59 Å². The molecule has 1 aromatic carbocycles. The Balaban J connectivity index is 2.78. The fraction of sp³-hybridized carbons (Fsp3) is 0.333. The molecule has 7 heteroatoms. The first-order valence-electron chi connectivity index (χ1n) is 5.59. The number of rotatable bonds is 6. The summed E-state index contributed by atoms with van der Waals surface area (Å²) in [7, 11) is 1.28. The van der Waals surface area contributed by atoms with Gasteiger partial charge in [0.2, 0.25) is 5.91 Å². The lowest BCUT2D eigenvalue weighted by Gasteiger charge is -2.17. The van der Waals surface area contributed by atoms with E-state index in [0.29, 0.717) is 0 Å². The van der Waals surface area contributed by atoms with Crippen LogP contribution in [0.2, 0.25) is 0 Å². The second-order valence-electron chi connectivity index (χ2n) is 3.70. The van der Waals surface area contributed by atoms with Gasteiger partial charge in [0.25, 0.3) is 0 Å². The quantitative estimate of drug-likeness (QED) is 0.365. The molecule has 1 aromatic rings. The molecule has 1 N–H and O–H groups in total. The van der Waals surface area contributed by atoms with Crippen LogP contribution in [0.1, 0.15) is 18.0 Å². The zero-order chi connectivity index (χ0) is 14.1. The van der Waals surface area contributed by atoms with Crippen LogP contribution in [0.25, 0.3) is 10.4 Å². The Labute approximate surface area is 110 Å². The van der Waals surface area contributed by atoms with Gasteiger partial charge in [-0.15, -0.1) is 0 Å². The summed E-state index contributed by atoms with van der Waals surface area (Å²) in [6.07, 6.45) is 0.0164. The van der Waals surface area contributed by atoms with Gasteiger partial charge in [0.1, 0.15) is 6.54 Å². The fourth-order valence-corrected chi connectivity index (χ4v) is 1.52. The molecular weight excluding hydrogens is 248 g/mol. The van der Waals surface area contributed by atoms with Gasteiger partial charge in [0, 0.05) is 4.91 Å². The van der Waals surface area contributed by atoms with Gasteiger partial charge in [-0.3, -0.25) is 9.59 Å². The largest absolute Gasteiger partial charge is 0.469 e. The van der Waals surface area contributed by atoms with E-state index in [0.717, 1.165) is 5.56 Å². The summed E-state index contributed by atoms with van der Waals surface area (Å²) in [5.41, 5.74) is 8.93. The van der Waals surface area contributed by atoms with Crippen LogP contribution in [0.3, 0.4) is 0 Å². The van der Waals surface area contributed by atoms with Crippen LogP contribution in [0.15, 0.2) is 35.4 Å². The lowest BCUT2D eigenvalue weighted by atomic mass is 10.0. The smallest absolute Gasteiger partial charge is 0.307 e. The van der Waals surface area contributed by atoms with Gasteiger partial charge in [0.05, 0.1) is 19.6 Å². The van der Waals surface area contributed by atoms with Crippen molar-refractivity contribution in [1.82, 2.24) is 5.32 Å². The molecule has 0 aliphatic carbocycles. The summed E-state index contributed by atoms with van der Waals surface area (Å²) in [5.74, 6) is -0.881. The van der Waals surface area contributed by atoms with Crippen molar-refractivity contribution in [3.63, 3.8) is 0 Å². The van der Waals surface area contributed by atoms with Crippen molar-refractivity contribution in [2.75, 3.05) is 13.7 Å². The van der Waals surface area contributed by atoms with Gasteiger partial charge in [-0.05, 0) is 11.1 Å². The Morgan fingerprint density at radius 2 is 2.11 bits per heavy atom. The molecule has 0 aliphatic rings. The Morgan fingerprint density at radius 1 is 1.42 bits per heavy atom. The van der Waals surface area contributed by atoms with E-state index in [-0.39, 0.29) is 13.0 Å². The topological polar surface area (TPSA) is 104 Å². The van der Waals surface area contributed by atoms with Crippen LogP contribution in [0.4, 0.5) is 0 Å². The number of azide groups is 1. The van der Waals surface area contributed by atoms with Crippen molar-refractivity contribution in [2.24, 2.45) is 5.11 Å². The minimum absolute atomic E-state index is 0.0164. The Hall–Kier alpha value is -2.53. The zero-order valence-corrected chi connectivity index (χ0v) is 10.4. The number of ether oxygens (including phenoxy) is 1. The number of hydrogen-bond acceptors (Lipinski definition) is 4. The number of nitrogens with one attached hydrogen (secondary N) is 1. The van der Waals surface area contributed by atoms with Gasteiger partial charge in [0.15, 0.2) is 0 Å². The molecule has 7 nitrogen and oxygen atoms in total. The highest BCUT2D eigenvalue weighted by Gasteiger charge is 2.18. The standard InChI is InChI=1S/C12H14N4O3/c1-19-12(18)7-10(9-5-3-2-4-6-9)15-11(17)8-14-16-13/h2-6,10H,7-8H2,1H3,(H,15,17)/t10-/m0/s1. The monoisotopic (exact) mass is 262 g/mol. The van der Waals surface area contributed by atoms with E-state index >= 15 is 0 Å². The maximum Gasteiger partial charge on any atom is 0.307 e. The number of esters is 1. The first kappa shape index (κ1) is 14.5. The minimum Gasteiger partial charge on any atom is -0.469 e. The lowest BCUT2D eigenvalue weighted by molar-refractivity contribution is -0.141. The molecule has 1 atom stereocenters. The SMILES string of the molecule is COC(=O)C[C@H](NC(=O)CN=[N+]=[N-])c1ccccc1. The molecule has 0 saturated heterocycles. The van der Waals surface area contributed by atoms with Crippen molar-refractivity contribution in [1.29, 1.82) is 0 Å². The van der Waals surface area contributed by atoms with Gasteiger partial charge < -0.3 is 10.1 Å². The van der Waals surface area contributed by atoms with E-state index < -0.39 is 17.9 Å². The molecular formula is C12H14N4O3. The van der Waals surface area contributed by atoms with E-state index in [1.54, 1.807) is 24.3 Å². The van der Waals surface area contributed by atoms with Crippen LogP contribution in [0, 0.1) is 0 Å². The highest BCUT2D eigenvalue weighted by molar-refractivity contribution is 5.79. The highest BCUT2D eigenvalue weighted by atomic mass is 16.5. The Kier molecular flexibility index (Phi) is 5.91. The summed E-state index contributed by atoms with van der Waals surface area (Å²) in [4.78, 5) is 25.4. The minimum atomic E-state index is -0.505. The van der Waals surface area contributed by atoms with Crippen LogP contribution < -0.4 is 5.32 Å². The number of hydrogen-bond donors (Lipinski definition) is 1. The molecule has 0 bridgehead atoms. The maximum absolute atomic E-state index is 11.5. The summed E-state index contributed by atoms with van der Waals surface area (Å²) >= 11 is 0. The van der Waals surface area contributed by atoms with Crippen molar-refractivity contribution in [3.8, 4) is 0 Å². The molecule has 0 spiro atoms. The van der Waals surface area contributed by atoms with Crippen LogP contribution in [-0.2, 0) is 14.3 Å². The number of benzene rings is 1. The van der Waals surface area contributed by atoms with Gasteiger partial charge in [-0.2, -0.15) is 0 Å². The summed E-state index contributed by atoms with van der Waals surface area (Å²) in [6, 6.07) is 8.52. The van der Waals surface area contributed by atoms with E-state index in [4.69, 9.17) is 5.53 Å². The van der Waals surface area contributed by atoms with Crippen LogP contribution in [0.5, 0.6) is 0 Å². The third-order valence-corrected chi connectivity index (χ3v) is 2.41. The maximum atomic E-state index is 11.5. The molecule has 0 radical (unpaired) electrons. The summed E-state index contributed by atoms with van der Waals surface area (Å²) in [5, 5.41) is 5.80. The molecule has 0 heterocycles. The number of carbonyl (C=O) groups excluding carboxylic acids is 2. The molecule has 0 aromatic heterocycles. The predicted octanol–water partition coefficient (Wildman–Crippen LogP) is 1.72. The summed E-state index contributed by atoms with van der Waals surface area (Å²) < 4.78 is 4.59. The van der Waals surface area contributed by atoms with Crippen molar-refractivity contribution < 1.29 is 14.3 Å². The molecule has 1 amide bonds. The zero-order valence-electron chi connectivity index (χ0n) is 10.4. The highest BCUT2D eigenvalue weighted by Crippen LogP contribution is 2.16. The normalized spacial score (nSPS) is 11.0. The third kappa shape index (κ3) is 5.10. The molecule has 0 saturated carbocycles. The molecule has 19 heavy (non-hydrogen) atoms. The number of methoxy groups -OCH3 is 1. The van der Waals surface area contributed by atoms with Gasteiger partial charge in [-0.1, -0.05) is 35.4 Å². The fourth-order valence-electron chi connectivity index (χ4n) is 1.52. The van der Waals surface area contributed by atoms with Crippen LogP contribution in [-0.4, -0.2) is 25.5 Å². The molecule has 100 valence electrons. The second-order valence-corrected chi connectivity index (χ2v) is 3.70. The number of amides is 1.